The minimum Gasteiger partial charge on any atom is -0.316 e. The highest BCUT2D eigenvalue weighted by atomic mass is 14.9. The third kappa shape index (κ3) is 3.17. The van der Waals surface area contributed by atoms with Crippen LogP contribution in [0.25, 0.3) is 0 Å². The third-order valence-electron chi connectivity index (χ3n) is 3.48. The van der Waals surface area contributed by atoms with Crippen LogP contribution in [0.2, 0.25) is 0 Å². The molecule has 0 aliphatic heterocycles. The van der Waals surface area contributed by atoms with Crippen LogP contribution in [0.3, 0.4) is 0 Å². The Morgan fingerprint density at radius 2 is 1.89 bits per heavy atom. The van der Waals surface area contributed by atoms with Gasteiger partial charge in [-0.2, -0.15) is 0 Å². The van der Waals surface area contributed by atoms with Crippen molar-refractivity contribution in [2.75, 3.05) is 7.05 Å². The first-order chi connectivity index (χ1) is 8.81. The van der Waals surface area contributed by atoms with E-state index in [9.17, 15) is 0 Å². The smallest absolute Gasteiger partial charge is 0.0300 e. The maximum absolute atomic E-state index is 4.18. The van der Waals surface area contributed by atoms with Crippen molar-refractivity contribution in [1.82, 2.24) is 10.3 Å². The maximum Gasteiger partial charge on any atom is 0.0300 e. The number of nitrogens with one attached hydrogen (secondary N) is 1. The van der Waals surface area contributed by atoms with Crippen LogP contribution in [0.15, 0.2) is 54.9 Å². The lowest BCUT2D eigenvalue weighted by Gasteiger charge is -2.24. The van der Waals surface area contributed by atoms with Gasteiger partial charge >= 0.3 is 0 Å². The lowest BCUT2D eigenvalue weighted by molar-refractivity contribution is 0.482. The summed E-state index contributed by atoms with van der Waals surface area (Å²) in [6, 6.07) is 15.2. The molecule has 0 spiro atoms. The summed E-state index contributed by atoms with van der Waals surface area (Å²) in [7, 11) is 2.03. The number of rotatable bonds is 5. The van der Waals surface area contributed by atoms with Crippen LogP contribution in [0.4, 0.5) is 0 Å². The van der Waals surface area contributed by atoms with E-state index in [-0.39, 0.29) is 0 Å². The SMILES string of the molecule is CNC(Cc1cccnc1)C(C)c1ccccc1. The predicted octanol–water partition coefficient (Wildman–Crippen LogP) is 3.02. The monoisotopic (exact) mass is 240 g/mol. The van der Waals surface area contributed by atoms with Gasteiger partial charge in [0.2, 0.25) is 0 Å². The zero-order chi connectivity index (χ0) is 12.8. The topological polar surface area (TPSA) is 24.9 Å². The molecule has 2 unspecified atom stereocenters. The van der Waals surface area contributed by atoms with Crippen molar-refractivity contribution in [3.8, 4) is 0 Å². The number of hydrogen-bond acceptors (Lipinski definition) is 2. The molecule has 0 aliphatic rings. The second kappa shape index (κ2) is 6.31. The molecule has 2 heteroatoms. The summed E-state index contributed by atoms with van der Waals surface area (Å²) >= 11 is 0. The van der Waals surface area contributed by atoms with Crippen LogP contribution in [0.5, 0.6) is 0 Å². The normalized spacial score (nSPS) is 14.1. The average molecular weight is 240 g/mol. The number of hydrogen-bond donors (Lipinski definition) is 1. The summed E-state index contributed by atoms with van der Waals surface area (Å²) in [6.07, 6.45) is 4.76. The molecular formula is C16H20N2. The molecule has 2 aromatic rings. The summed E-state index contributed by atoms with van der Waals surface area (Å²) in [5.74, 6) is 0.483. The van der Waals surface area contributed by atoms with E-state index in [0.717, 1.165) is 6.42 Å². The second-order valence-electron chi connectivity index (χ2n) is 4.66. The predicted molar refractivity (Wildman–Crippen MR) is 75.6 cm³/mol. The molecule has 18 heavy (non-hydrogen) atoms. The average Bonchev–Trinajstić information content (AvgIpc) is 2.46. The van der Waals surface area contributed by atoms with Gasteiger partial charge in [-0.15, -0.1) is 0 Å². The summed E-state index contributed by atoms with van der Waals surface area (Å²) in [5, 5.41) is 3.42. The Kier molecular flexibility index (Phi) is 4.48. The Bertz CT molecular complexity index is 453. The Hall–Kier alpha value is -1.67. The van der Waals surface area contributed by atoms with Crippen molar-refractivity contribution in [2.45, 2.75) is 25.3 Å². The summed E-state index contributed by atoms with van der Waals surface area (Å²) in [5.41, 5.74) is 2.65. The van der Waals surface area contributed by atoms with E-state index >= 15 is 0 Å². The molecule has 0 amide bonds. The number of aromatic nitrogens is 1. The van der Waals surface area contributed by atoms with Gasteiger partial charge in [-0.1, -0.05) is 43.3 Å². The van der Waals surface area contributed by atoms with Gasteiger partial charge in [0.25, 0.3) is 0 Å². The summed E-state index contributed by atoms with van der Waals surface area (Å²) < 4.78 is 0. The van der Waals surface area contributed by atoms with Gasteiger partial charge in [0.05, 0.1) is 0 Å². The molecule has 2 rings (SSSR count). The Balaban J connectivity index is 2.09. The van der Waals surface area contributed by atoms with Crippen molar-refractivity contribution in [3.63, 3.8) is 0 Å². The van der Waals surface area contributed by atoms with E-state index in [1.54, 1.807) is 0 Å². The standard InChI is InChI=1S/C16H20N2/c1-13(15-8-4-3-5-9-15)16(17-2)11-14-7-6-10-18-12-14/h3-10,12-13,16-17H,11H2,1-2H3. The van der Waals surface area contributed by atoms with Crippen molar-refractivity contribution < 1.29 is 0 Å². The Morgan fingerprint density at radius 1 is 1.11 bits per heavy atom. The van der Waals surface area contributed by atoms with Gasteiger partial charge < -0.3 is 5.32 Å². The van der Waals surface area contributed by atoms with E-state index in [0.29, 0.717) is 12.0 Å². The van der Waals surface area contributed by atoms with Crippen LogP contribution in [-0.4, -0.2) is 18.1 Å². The molecule has 0 fully saturated rings. The largest absolute Gasteiger partial charge is 0.316 e. The van der Waals surface area contributed by atoms with E-state index < -0.39 is 0 Å². The third-order valence-corrected chi connectivity index (χ3v) is 3.48. The lowest BCUT2D eigenvalue weighted by atomic mass is 9.89. The number of pyridine rings is 1. The second-order valence-corrected chi connectivity index (χ2v) is 4.66. The highest BCUT2D eigenvalue weighted by Gasteiger charge is 2.17. The minimum absolute atomic E-state index is 0.427. The molecule has 0 saturated carbocycles. The highest BCUT2D eigenvalue weighted by molar-refractivity contribution is 5.22. The molecule has 1 heterocycles. The summed E-state index contributed by atoms with van der Waals surface area (Å²) in [6.45, 7) is 2.27. The molecule has 1 N–H and O–H groups in total. The van der Waals surface area contributed by atoms with Crippen LogP contribution < -0.4 is 5.32 Å². The zero-order valence-electron chi connectivity index (χ0n) is 11.0. The maximum atomic E-state index is 4.18. The van der Waals surface area contributed by atoms with Gasteiger partial charge in [0.15, 0.2) is 0 Å². The van der Waals surface area contributed by atoms with E-state index in [1.165, 1.54) is 11.1 Å². The van der Waals surface area contributed by atoms with E-state index in [4.69, 9.17) is 0 Å². The fourth-order valence-corrected chi connectivity index (χ4v) is 2.29. The molecule has 94 valence electrons. The molecular weight excluding hydrogens is 220 g/mol. The lowest BCUT2D eigenvalue weighted by Crippen LogP contribution is -2.32. The van der Waals surface area contributed by atoms with Gasteiger partial charge in [-0.3, -0.25) is 4.98 Å². The molecule has 0 saturated heterocycles. The molecule has 2 nitrogen and oxygen atoms in total. The van der Waals surface area contributed by atoms with Gasteiger partial charge in [0, 0.05) is 18.4 Å². The quantitative estimate of drug-likeness (QED) is 0.869. The number of benzene rings is 1. The van der Waals surface area contributed by atoms with Crippen LogP contribution in [0, 0.1) is 0 Å². The molecule has 0 radical (unpaired) electrons. The first-order valence-corrected chi connectivity index (χ1v) is 6.42. The van der Waals surface area contributed by atoms with Crippen LogP contribution in [-0.2, 0) is 6.42 Å². The molecule has 2 atom stereocenters. The van der Waals surface area contributed by atoms with Crippen molar-refractivity contribution >= 4 is 0 Å². The Morgan fingerprint density at radius 3 is 2.50 bits per heavy atom. The van der Waals surface area contributed by atoms with E-state index in [1.807, 2.05) is 25.5 Å². The number of likely N-dealkylation sites (N-methyl/N-ethyl adjacent to an activating group) is 1. The molecule has 1 aromatic heterocycles. The van der Waals surface area contributed by atoms with Gasteiger partial charge in [-0.05, 0) is 36.6 Å². The van der Waals surface area contributed by atoms with Crippen molar-refractivity contribution in [2.24, 2.45) is 0 Å². The first-order valence-electron chi connectivity index (χ1n) is 6.42. The first kappa shape index (κ1) is 12.8. The Labute approximate surface area is 109 Å². The highest BCUT2D eigenvalue weighted by Crippen LogP contribution is 2.21. The summed E-state index contributed by atoms with van der Waals surface area (Å²) in [4.78, 5) is 4.18. The van der Waals surface area contributed by atoms with Crippen molar-refractivity contribution in [3.05, 3.63) is 66.0 Å². The zero-order valence-corrected chi connectivity index (χ0v) is 11.0. The molecule has 0 aliphatic carbocycles. The van der Waals surface area contributed by atoms with Crippen LogP contribution >= 0.6 is 0 Å². The number of nitrogens with zero attached hydrogens (tertiary/aromatic N) is 1. The van der Waals surface area contributed by atoms with E-state index in [2.05, 4.69) is 53.6 Å². The van der Waals surface area contributed by atoms with Crippen molar-refractivity contribution in [1.29, 1.82) is 0 Å². The minimum atomic E-state index is 0.427. The van der Waals surface area contributed by atoms with Gasteiger partial charge in [-0.25, -0.2) is 0 Å². The molecule has 1 aromatic carbocycles. The molecule has 0 bridgehead atoms. The fraction of sp³-hybridized carbons (Fsp3) is 0.312. The van der Waals surface area contributed by atoms with Gasteiger partial charge in [0.1, 0.15) is 0 Å². The fourth-order valence-electron chi connectivity index (χ4n) is 2.29. The van der Waals surface area contributed by atoms with Crippen LogP contribution in [0.1, 0.15) is 24.0 Å².